The fourth-order valence-corrected chi connectivity index (χ4v) is 7.34. The van der Waals surface area contributed by atoms with Gasteiger partial charge in [0.15, 0.2) is 9.84 Å². The molecule has 0 radical (unpaired) electrons. The normalized spacial score (nSPS) is 14.5. The van der Waals surface area contributed by atoms with Gasteiger partial charge in [-0.1, -0.05) is 18.2 Å². The van der Waals surface area contributed by atoms with Gasteiger partial charge in [0.25, 0.3) is 5.91 Å². The summed E-state index contributed by atoms with van der Waals surface area (Å²) in [6.07, 6.45) is -0.422. The number of anilines is 3. The third kappa shape index (κ3) is 12.7. The molecular formula is C36H49N7O8S2. The number of sulfone groups is 1. The van der Waals surface area contributed by atoms with E-state index in [0.29, 0.717) is 48.9 Å². The van der Waals surface area contributed by atoms with Crippen molar-refractivity contribution in [3.8, 4) is 10.4 Å². The zero-order valence-electron chi connectivity index (χ0n) is 31.2. The smallest absolute Gasteiger partial charge is 0.425 e. The molecule has 1 saturated heterocycles. The molecule has 0 spiro atoms. The van der Waals surface area contributed by atoms with Gasteiger partial charge in [0.1, 0.15) is 21.9 Å². The van der Waals surface area contributed by atoms with Gasteiger partial charge < -0.3 is 30.7 Å². The lowest BCUT2D eigenvalue weighted by atomic mass is 10.1. The lowest BCUT2D eigenvalue weighted by Gasteiger charge is -2.28. The van der Waals surface area contributed by atoms with Crippen LogP contribution in [0.2, 0.25) is 0 Å². The molecule has 1 aliphatic heterocycles. The van der Waals surface area contributed by atoms with Gasteiger partial charge in [-0.15, -0.1) is 11.3 Å². The molecule has 5 amide bonds. The zero-order valence-corrected chi connectivity index (χ0v) is 32.8. The standard InChI is InChI=1S/C36H49N7O8S2/c1-8-37-27-21-28(52-30(27)31(44)38-15-16-42-17-19-53(48,49)20-18-42)25-10-12-26(13-11-25)41-32(45)40-23-24-9-14-29(39-22-24)43(33(46)50-35(2,3)4)34(47)51-36(5,6)7/h9-14,21-22,37H,8,15-20,23H2,1-7H3,(H,38,44)(H2,40,41,45). The molecule has 53 heavy (non-hydrogen) atoms. The van der Waals surface area contributed by atoms with Crippen LogP contribution in [0.3, 0.4) is 0 Å². The Morgan fingerprint density at radius 1 is 0.906 bits per heavy atom. The summed E-state index contributed by atoms with van der Waals surface area (Å²) in [6, 6.07) is 11.8. The van der Waals surface area contributed by atoms with E-state index in [9.17, 15) is 27.6 Å². The summed E-state index contributed by atoms with van der Waals surface area (Å²) in [6.45, 7) is 14.7. The van der Waals surface area contributed by atoms with Crippen molar-refractivity contribution in [2.75, 3.05) is 59.8 Å². The second-order valence-corrected chi connectivity index (χ2v) is 17.7. The summed E-state index contributed by atoms with van der Waals surface area (Å²) in [5.41, 5.74) is 1.04. The number of pyridine rings is 1. The fraction of sp³-hybridized carbons (Fsp3) is 0.472. The minimum atomic E-state index is -2.96. The first-order chi connectivity index (χ1) is 24.8. The Morgan fingerprint density at radius 3 is 2.08 bits per heavy atom. The molecule has 0 unspecified atom stereocenters. The van der Waals surface area contributed by atoms with Gasteiger partial charge in [-0.05, 0) is 83.9 Å². The number of nitrogens with zero attached hydrogens (tertiary/aromatic N) is 3. The van der Waals surface area contributed by atoms with Gasteiger partial charge in [-0.25, -0.2) is 27.8 Å². The number of nitrogens with one attached hydrogen (secondary N) is 4. The predicted molar refractivity (Wildman–Crippen MR) is 206 cm³/mol. The Morgan fingerprint density at radius 2 is 1.53 bits per heavy atom. The van der Waals surface area contributed by atoms with E-state index < -0.39 is 39.3 Å². The van der Waals surface area contributed by atoms with Crippen molar-refractivity contribution in [1.82, 2.24) is 20.5 Å². The van der Waals surface area contributed by atoms with Gasteiger partial charge in [0.2, 0.25) is 0 Å². The van der Waals surface area contributed by atoms with Crippen LogP contribution in [0.1, 0.15) is 63.7 Å². The Kier molecular flexibility index (Phi) is 13.5. The van der Waals surface area contributed by atoms with Crippen LogP contribution in [0, 0.1) is 0 Å². The summed E-state index contributed by atoms with van der Waals surface area (Å²) in [7, 11) is -2.96. The molecule has 1 aromatic carbocycles. The highest BCUT2D eigenvalue weighted by Gasteiger charge is 2.33. The van der Waals surface area contributed by atoms with E-state index in [1.165, 1.54) is 23.6 Å². The molecule has 1 aliphatic rings. The SMILES string of the molecule is CCNc1cc(-c2ccc(NC(=O)NCc3ccc(N(C(=O)OC(C)(C)C)C(=O)OC(C)(C)C)nc3)cc2)sc1C(=O)NCCN1CCS(=O)(=O)CC1. The molecule has 0 atom stereocenters. The molecule has 2 aromatic heterocycles. The molecule has 3 heterocycles. The number of benzene rings is 1. The number of carbonyl (C=O) groups excluding carboxylic acids is 4. The summed E-state index contributed by atoms with van der Waals surface area (Å²) < 4.78 is 34.2. The number of carbonyl (C=O) groups is 4. The number of urea groups is 1. The summed E-state index contributed by atoms with van der Waals surface area (Å²) in [4.78, 5) is 60.0. The second kappa shape index (κ2) is 17.4. The maximum atomic E-state index is 13.1. The van der Waals surface area contributed by atoms with E-state index in [-0.39, 0.29) is 29.8 Å². The lowest BCUT2D eigenvalue weighted by molar-refractivity contribution is 0.0428. The van der Waals surface area contributed by atoms with Crippen LogP contribution in [0.25, 0.3) is 10.4 Å². The van der Waals surface area contributed by atoms with Crippen LogP contribution >= 0.6 is 11.3 Å². The predicted octanol–water partition coefficient (Wildman–Crippen LogP) is 5.70. The molecule has 0 aliphatic carbocycles. The summed E-state index contributed by atoms with van der Waals surface area (Å²) in [5.74, 6) is 0.0880. The minimum Gasteiger partial charge on any atom is -0.443 e. The Labute approximate surface area is 314 Å². The van der Waals surface area contributed by atoms with Crippen molar-refractivity contribution in [2.24, 2.45) is 0 Å². The first-order valence-electron chi connectivity index (χ1n) is 17.3. The molecule has 15 nitrogen and oxygen atoms in total. The number of imide groups is 1. The van der Waals surface area contributed by atoms with Gasteiger partial charge in [0.05, 0.1) is 17.2 Å². The van der Waals surface area contributed by atoms with E-state index >= 15 is 0 Å². The molecule has 1 fully saturated rings. The van der Waals surface area contributed by atoms with E-state index in [4.69, 9.17) is 9.47 Å². The number of ether oxygens (including phenoxy) is 2. The van der Waals surface area contributed by atoms with Gasteiger partial charge in [0, 0.05) is 56.0 Å². The van der Waals surface area contributed by atoms with Crippen molar-refractivity contribution >= 4 is 62.5 Å². The molecule has 0 bridgehead atoms. The molecule has 4 rings (SSSR count). The monoisotopic (exact) mass is 771 g/mol. The van der Waals surface area contributed by atoms with Gasteiger partial charge in [-0.3, -0.25) is 9.69 Å². The van der Waals surface area contributed by atoms with E-state index in [0.717, 1.165) is 21.0 Å². The summed E-state index contributed by atoms with van der Waals surface area (Å²) in [5, 5.41) is 11.8. The van der Waals surface area contributed by atoms with Crippen LogP contribution in [-0.4, -0.2) is 97.9 Å². The average molecular weight is 772 g/mol. The molecule has 288 valence electrons. The lowest BCUT2D eigenvalue weighted by Crippen LogP contribution is -2.44. The van der Waals surface area contributed by atoms with Crippen LogP contribution in [0.15, 0.2) is 48.7 Å². The first kappa shape index (κ1) is 41.0. The van der Waals surface area contributed by atoms with Gasteiger partial charge >= 0.3 is 18.2 Å². The first-order valence-corrected chi connectivity index (χ1v) is 19.9. The molecule has 3 aromatic rings. The van der Waals surface area contributed by atoms with Crippen LogP contribution in [-0.2, 0) is 25.9 Å². The number of amides is 5. The number of hydrogen-bond acceptors (Lipinski definition) is 12. The van der Waals surface area contributed by atoms with Crippen molar-refractivity contribution in [3.63, 3.8) is 0 Å². The fourth-order valence-electron chi connectivity index (χ4n) is 5.01. The number of aromatic nitrogens is 1. The van der Waals surface area contributed by atoms with Crippen molar-refractivity contribution in [1.29, 1.82) is 0 Å². The Bertz CT molecular complexity index is 1820. The third-order valence-electron chi connectivity index (χ3n) is 7.53. The van der Waals surface area contributed by atoms with Crippen LogP contribution < -0.4 is 26.2 Å². The third-order valence-corrected chi connectivity index (χ3v) is 10.3. The highest BCUT2D eigenvalue weighted by atomic mass is 32.2. The Hall–Kier alpha value is -4.74. The number of hydrogen-bond donors (Lipinski definition) is 4. The molecule has 0 saturated carbocycles. The largest absolute Gasteiger partial charge is 0.443 e. The van der Waals surface area contributed by atoms with E-state index in [1.54, 1.807) is 59.7 Å². The van der Waals surface area contributed by atoms with Crippen molar-refractivity contribution in [3.05, 3.63) is 59.1 Å². The van der Waals surface area contributed by atoms with Crippen molar-refractivity contribution < 1.29 is 37.1 Å². The minimum absolute atomic E-state index is 0.00642. The van der Waals surface area contributed by atoms with Crippen LogP contribution in [0.5, 0.6) is 0 Å². The molecule has 17 heteroatoms. The molecular weight excluding hydrogens is 723 g/mol. The van der Waals surface area contributed by atoms with E-state index in [2.05, 4.69) is 26.3 Å². The highest BCUT2D eigenvalue weighted by molar-refractivity contribution is 7.91. The second-order valence-electron chi connectivity index (χ2n) is 14.3. The topological polar surface area (TPSA) is 188 Å². The Balaban J connectivity index is 1.32. The zero-order chi connectivity index (χ0) is 39.0. The quantitative estimate of drug-likeness (QED) is 0.187. The average Bonchev–Trinajstić information content (AvgIpc) is 3.48. The van der Waals surface area contributed by atoms with Crippen molar-refractivity contribution in [2.45, 2.75) is 66.2 Å². The molecule has 4 N–H and O–H groups in total. The van der Waals surface area contributed by atoms with Gasteiger partial charge in [-0.2, -0.15) is 4.90 Å². The maximum Gasteiger partial charge on any atom is 0.425 e. The van der Waals surface area contributed by atoms with E-state index in [1.807, 2.05) is 30.0 Å². The summed E-state index contributed by atoms with van der Waals surface area (Å²) >= 11 is 1.35. The highest BCUT2D eigenvalue weighted by Crippen LogP contribution is 2.35. The maximum absolute atomic E-state index is 13.1. The number of rotatable bonds is 11. The van der Waals surface area contributed by atoms with Crippen LogP contribution in [0.4, 0.5) is 31.6 Å². The number of thiophene rings is 1.